The van der Waals surface area contributed by atoms with Crippen LogP contribution >= 0.6 is 0 Å². The molecule has 1 aliphatic carbocycles. The number of hydrogen-bond acceptors (Lipinski definition) is 5. The van der Waals surface area contributed by atoms with Crippen LogP contribution in [0.25, 0.3) is 6.08 Å². The Hall–Kier alpha value is -2.50. The van der Waals surface area contributed by atoms with Crippen LogP contribution in [-0.4, -0.2) is 37.7 Å². The van der Waals surface area contributed by atoms with E-state index in [2.05, 4.69) is 5.32 Å². The van der Waals surface area contributed by atoms with Gasteiger partial charge in [-0.1, -0.05) is 6.07 Å². The number of hydrogen-bond donors (Lipinski definition) is 1. The molecule has 2 rings (SSSR count). The first kappa shape index (κ1) is 17.8. The van der Waals surface area contributed by atoms with Gasteiger partial charge < -0.3 is 19.5 Å². The van der Waals surface area contributed by atoms with Gasteiger partial charge >= 0.3 is 5.97 Å². The molecule has 0 saturated heterocycles. The van der Waals surface area contributed by atoms with E-state index in [0.29, 0.717) is 18.1 Å². The van der Waals surface area contributed by atoms with Crippen molar-refractivity contribution in [1.82, 2.24) is 5.32 Å². The van der Waals surface area contributed by atoms with E-state index in [1.807, 2.05) is 6.92 Å². The lowest BCUT2D eigenvalue weighted by Crippen LogP contribution is -2.36. The number of benzene rings is 1. The van der Waals surface area contributed by atoms with Crippen LogP contribution in [0.1, 0.15) is 32.3 Å². The summed E-state index contributed by atoms with van der Waals surface area (Å²) in [6.07, 6.45) is 4.07. The van der Waals surface area contributed by atoms with Crippen molar-refractivity contribution in [3.05, 3.63) is 29.8 Å². The number of nitrogens with one attached hydrogen (secondary N) is 1. The van der Waals surface area contributed by atoms with Crippen LogP contribution < -0.4 is 14.8 Å². The highest BCUT2D eigenvalue weighted by atomic mass is 16.5. The van der Waals surface area contributed by atoms with Gasteiger partial charge in [-0.05, 0) is 50.5 Å². The highest BCUT2D eigenvalue weighted by Gasteiger charge is 2.26. The molecule has 1 atom stereocenters. The van der Waals surface area contributed by atoms with Gasteiger partial charge in [-0.3, -0.25) is 4.79 Å². The number of rotatable bonds is 8. The molecule has 1 aromatic carbocycles. The monoisotopic (exact) mass is 333 g/mol. The van der Waals surface area contributed by atoms with Gasteiger partial charge in [0.05, 0.1) is 13.7 Å². The van der Waals surface area contributed by atoms with E-state index in [9.17, 15) is 9.59 Å². The molecule has 0 aliphatic heterocycles. The van der Waals surface area contributed by atoms with Crippen molar-refractivity contribution in [1.29, 1.82) is 0 Å². The standard InChI is InChI=1S/C18H23NO5/c1-4-23-16-11-13(5-9-15(16)22-3)6-10-17(20)24-12(2)18(21)19-14-7-8-14/h5-6,9-12,14H,4,7-8H2,1-3H3,(H,19,21)/b10-6+/t12-/m1/s1. The number of ether oxygens (including phenoxy) is 3. The molecular formula is C18H23NO5. The number of amides is 1. The molecule has 1 aliphatic rings. The fourth-order valence-electron chi connectivity index (χ4n) is 2.04. The smallest absolute Gasteiger partial charge is 0.331 e. The lowest BCUT2D eigenvalue weighted by Gasteiger charge is -2.11. The van der Waals surface area contributed by atoms with Crippen LogP contribution in [0, 0.1) is 0 Å². The first-order chi connectivity index (χ1) is 11.5. The molecule has 1 amide bonds. The van der Waals surface area contributed by atoms with Crippen LogP contribution in [0.3, 0.4) is 0 Å². The van der Waals surface area contributed by atoms with Gasteiger partial charge in [-0.2, -0.15) is 0 Å². The van der Waals surface area contributed by atoms with Crippen molar-refractivity contribution in [2.45, 2.75) is 38.8 Å². The molecular weight excluding hydrogens is 310 g/mol. The predicted molar refractivity (Wildman–Crippen MR) is 89.9 cm³/mol. The second-order valence-corrected chi connectivity index (χ2v) is 5.54. The molecule has 1 saturated carbocycles. The summed E-state index contributed by atoms with van der Waals surface area (Å²) >= 11 is 0. The summed E-state index contributed by atoms with van der Waals surface area (Å²) in [5.74, 6) is 0.402. The molecule has 0 heterocycles. The zero-order valence-corrected chi connectivity index (χ0v) is 14.2. The minimum absolute atomic E-state index is 0.241. The molecule has 0 spiro atoms. The van der Waals surface area contributed by atoms with Crippen LogP contribution in [0.5, 0.6) is 11.5 Å². The first-order valence-electron chi connectivity index (χ1n) is 8.03. The highest BCUT2D eigenvalue weighted by Crippen LogP contribution is 2.28. The minimum Gasteiger partial charge on any atom is -0.493 e. The van der Waals surface area contributed by atoms with E-state index in [0.717, 1.165) is 18.4 Å². The van der Waals surface area contributed by atoms with E-state index in [4.69, 9.17) is 14.2 Å². The van der Waals surface area contributed by atoms with Crippen LogP contribution in [-0.2, 0) is 14.3 Å². The molecule has 1 N–H and O–H groups in total. The van der Waals surface area contributed by atoms with Crippen LogP contribution in [0.4, 0.5) is 0 Å². The van der Waals surface area contributed by atoms with Gasteiger partial charge in [0.1, 0.15) is 0 Å². The molecule has 6 nitrogen and oxygen atoms in total. The van der Waals surface area contributed by atoms with Crippen molar-refractivity contribution in [2.24, 2.45) is 0 Å². The number of methoxy groups -OCH3 is 1. The second-order valence-electron chi connectivity index (χ2n) is 5.54. The summed E-state index contributed by atoms with van der Waals surface area (Å²) in [4.78, 5) is 23.6. The maximum absolute atomic E-state index is 11.8. The average molecular weight is 333 g/mol. The third kappa shape index (κ3) is 5.30. The summed E-state index contributed by atoms with van der Waals surface area (Å²) in [5.41, 5.74) is 0.770. The normalized spacial score (nSPS) is 15.0. The lowest BCUT2D eigenvalue weighted by atomic mass is 10.2. The summed E-state index contributed by atoms with van der Waals surface area (Å²) < 4.78 is 15.8. The van der Waals surface area contributed by atoms with Gasteiger partial charge in [0.25, 0.3) is 5.91 Å². The highest BCUT2D eigenvalue weighted by molar-refractivity contribution is 5.90. The lowest BCUT2D eigenvalue weighted by molar-refractivity contribution is -0.150. The van der Waals surface area contributed by atoms with Crippen molar-refractivity contribution < 1.29 is 23.8 Å². The molecule has 0 radical (unpaired) electrons. The molecule has 1 aromatic rings. The SMILES string of the molecule is CCOc1cc(/C=C/C(=O)O[C@H](C)C(=O)NC2CC2)ccc1OC. The van der Waals surface area contributed by atoms with Crippen molar-refractivity contribution in [3.8, 4) is 11.5 Å². The molecule has 0 unspecified atom stereocenters. The molecule has 1 fully saturated rings. The third-order valence-electron chi connectivity index (χ3n) is 3.49. The van der Waals surface area contributed by atoms with E-state index < -0.39 is 12.1 Å². The Morgan fingerprint density at radius 1 is 1.33 bits per heavy atom. The third-order valence-corrected chi connectivity index (χ3v) is 3.49. The largest absolute Gasteiger partial charge is 0.493 e. The average Bonchev–Trinajstić information content (AvgIpc) is 3.37. The Balaban J connectivity index is 1.92. The zero-order chi connectivity index (χ0) is 17.5. The first-order valence-corrected chi connectivity index (χ1v) is 8.03. The van der Waals surface area contributed by atoms with Gasteiger partial charge in [0.2, 0.25) is 0 Å². The minimum atomic E-state index is -0.808. The van der Waals surface area contributed by atoms with Crippen molar-refractivity contribution in [3.63, 3.8) is 0 Å². The van der Waals surface area contributed by atoms with Crippen molar-refractivity contribution >= 4 is 18.0 Å². The van der Waals surface area contributed by atoms with Gasteiger partial charge in [0, 0.05) is 12.1 Å². The summed E-state index contributed by atoms with van der Waals surface area (Å²) in [7, 11) is 1.57. The fourth-order valence-corrected chi connectivity index (χ4v) is 2.04. The van der Waals surface area contributed by atoms with E-state index in [1.165, 1.54) is 6.08 Å². The maximum atomic E-state index is 11.8. The second kappa shape index (κ2) is 8.38. The molecule has 0 bridgehead atoms. The molecule has 6 heteroatoms. The number of carbonyl (C=O) groups excluding carboxylic acids is 2. The van der Waals surface area contributed by atoms with Crippen molar-refractivity contribution in [2.75, 3.05) is 13.7 Å². The topological polar surface area (TPSA) is 73.9 Å². The Labute approximate surface area is 141 Å². The zero-order valence-electron chi connectivity index (χ0n) is 14.2. The number of carbonyl (C=O) groups is 2. The summed E-state index contributed by atoms with van der Waals surface area (Å²) in [5, 5.41) is 2.80. The summed E-state index contributed by atoms with van der Waals surface area (Å²) in [6.45, 7) is 3.95. The Bertz CT molecular complexity index is 622. The van der Waals surface area contributed by atoms with Gasteiger partial charge in [0.15, 0.2) is 17.6 Å². The molecule has 130 valence electrons. The Morgan fingerprint density at radius 2 is 2.08 bits per heavy atom. The maximum Gasteiger partial charge on any atom is 0.331 e. The Kier molecular flexibility index (Phi) is 6.23. The molecule has 24 heavy (non-hydrogen) atoms. The quantitative estimate of drug-likeness (QED) is 0.584. The Morgan fingerprint density at radius 3 is 2.71 bits per heavy atom. The van der Waals surface area contributed by atoms with Crippen LogP contribution in [0.15, 0.2) is 24.3 Å². The number of esters is 1. The summed E-state index contributed by atoms with van der Waals surface area (Å²) in [6, 6.07) is 5.58. The predicted octanol–water partition coefficient (Wildman–Crippen LogP) is 2.32. The van der Waals surface area contributed by atoms with Gasteiger partial charge in [-0.15, -0.1) is 0 Å². The van der Waals surface area contributed by atoms with Gasteiger partial charge in [-0.25, -0.2) is 4.79 Å². The van der Waals surface area contributed by atoms with E-state index >= 15 is 0 Å². The fraction of sp³-hybridized carbons (Fsp3) is 0.444. The molecule has 0 aromatic heterocycles. The van der Waals surface area contributed by atoms with E-state index in [1.54, 1.807) is 38.3 Å². The van der Waals surface area contributed by atoms with Crippen LogP contribution in [0.2, 0.25) is 0 Å². The van der Waals surface area contributed by atoms with E-state index in [-0.39, 0.29) is 11.9 Å².